The van der Waals surface area contributed by atoms with Gasteiger partial charge in [0.2, 0.25) is 0 Å². The molecule has 0 saturated heterocycles. The average Bonchev–Trinajstić information content (AvgIpc) is 2.38. The number of aliphatic imine (C=N–C) groups is 1. The van der Waals surface area contributed by atoms with Gasteiger partial charge in [0.05, 0.1) is 11.6 Å². The lowest BCUT2D eigenvalue weighted by Gasteiger charge is -2.17. The van der Waals surface area contributed by atoms with Crippen molar-refractivity contribution in [2.45, 2.75) is 38.1 Å². The first-order valence-corrected chi connectivity index (χ1v) is 5.92. The summed E-state index contributed by atoms with van der Waals surface area (Å²) in [5.74, 6) is 0. The molecule has 0 atom stereocenters. The molecule has 0 aromatic heterocycles. The van der Waals surface area contributed by atoms with E-state index in [-0.39, 0.29) is 0 Å². The van der Waals surface area contributed by atoms with Gasteiger partial charge < -0.3 is 0 Å². The van der Waals surface area contributed by atoms with E-state index in [0.717, 1.165) is 5.56 Å². The fourth-order valence-corrected chi connectivity index (χ4v) is 2.11. The second-order valence-electron chi connectivity index (χ2n) is 4.31. The maximum Gasteiger partial charge on any atom is 0.0991 e. The molecule has 1 saturated carbocycles. The van der Waals surface area contributed by atoms with Crippen LogP contribution in [0.3, 0.4) is 0 Å². The molecule has 0 amide bonds. The Kier molecular flexibility index (Phi) is 3.71. The third-order valence-electron chi connectivity index (χ3n) is 3.02. The summed E-state index contributed by atoms with van der Waals surface area (Å²) in [5, 5.41) is 8.78. The highest BCUT2D eigenvalue weighted by Gasteiger charge is 2.10. The average molecular weight is 212 g/mol. The highest BCUT2D eigenvalue weighted by atomic mass is 14.8. The molecule has 2 rings (SSSR count). The first-order valence-electron chi connectivity index (χ1n) is 5.92. The van der Waals surface area contributed by atoms with Crippen molar-refractivity contribution < 1.29 is 0 Å². The SMILES string of the molecule is N#Cc1cccc(C=NC2CCCCC2)c1. The summed E-state index contributed by atoms with van der Waals surface area (Å²) in [7, 11) is 0. The van der Waals surface area contributed by atoms with Gasteiger partial charge in [-0.15, -0.1) is 0 Å². The minimum absolute atomic E-state index is 0.500. The van der Waals surface area contributed by atoms with Crippen LogP contribution in [0.25, 0.3) is 0 Å². The van der Waals surface area contributed by atoms with Crippen LogP contribution in [0.5, 0.6) is 0 Å². The Morgan fingerprint density at radius 2 is 2.06 bits per heavy atom. The van der Waals surface area contributed by atoms with Crippen LogP contribution in [0, 0.1) is 11.3 Å². The van der Waals surface area contributed by atoms with Gasteiger partial charge in [0.1, 0.15) is 0 Å². The Balaban J connectivity index is 2.02. The van der Waals surface area contributed by atoms with E-state index in [2.05, 4.69) is 11.1 Å². The molecule has 0 N–H and O–H groups in total. The van der Waals surface area contributed by atoms with Gasteiger partial charge in [-0.05, 0) is 30.5 Å². The van der Waals surface area contributed by atoms with E-state index in [9.17, 15) is 0 Å². The van der Waals surface area contributed by atoms with Crippen molar-refractivity contribution >= 4 is 6.21 Å². The van der Waals surface area contributed by atoms with Crippen LogP contribution in [0.1, 0.15) is 43.2 Å². The molecule has 0 unspecified atom stereocenters. The number of rotatable bonds is 2. The molecule has 1 fully saturated rings. The number of nitrogens with zero attached hydrogens (tertiary/aromatic N) is 2. The zero-order valence-electron chi connectivity index (χ0n) is 9.39. The molecule has 82 valence electrons. The van der Waals surface area contributed by atoms with Crippen molar-refractivity contribution in [1.29, 1.82) is 5.26 Å². The lowest BCUT2D eigenvalue weighted by molar-refractivity contribution is 0.444. The third kappa shape index (κ3) is 2.93. The summed E-state index contributed by atoms with van der Waals surface area (Å²) in [6.07, 6.45) is 8.32. The summed E-state index contributed by atoms with van der Waals surface area (Å²) >= 11 is 0. The van der Waals surface area contributed by atoms with E-state index in [4.69, 9.17) is 5.26 Å². The number of hydrogen-bond acceptors (Lipinski definition) is 2. The van der Waals surface area contributed by atoms with E-state index < -0.39 is 0 Å². The van der Waals surface area contributed by atoms with Crippen molar-refractivity contribution in [3.05, 3.63) is 35.4 Å². The third-order valence-corrected chi connectivity index (χ3v) is 3.02. The zero-order valence-corrected chi connectivity index (χ0v) is 9.39. The highest BCUT2D eigenvalue weighted by molar-refractivity contribution is 5.80. The Bertz CT molecular complexity index is 409. The van der Waals surface area contributed by atoms with Crippen LogP contribution < -0.4 is 0 Å². The predicted octanol–water partition coefficient (Wildman–Crippen LogP) is 3.31. The van der Waals surface area contributed by atoms with E-state index in [0.29, 0.717) is 11.6 Å². The summed E-state index contributed by atoms with van der Waals surface area (Å²) in [5.41, 5.74) is 1.73. The predicted molar refractivity (Wildman–Crippen MR) is 65.6 cm³/mol. The first kappa shape index (κ1) is 10.9. The van der Waals surface area contributed by atoms with E-state index in [1.54, 1.807) is 0 Å². The Morgan fingerprint density at radius 3 is 2.81 bits per heavy atom. The molecule has 1 aromatic carbocycles. The Morgan fingerprint density at radius 1 is 1.25 bits per heavy atom. The van der Waals surface area contributed by atoms with Gasteiger partial charge in [-0.2, -0.15) is 5.26 Å². The van der Waals surface area contributed by atoms with Crippen molar-refractivity contribution in [3.8, 4) is 6.07 Å². The molecule has 1 aromatic rings. The van der Waals surface area contributed by atoms with Gasteiger partial charge >= 0.3 is 0 Å². The summed E-state index contributed by atoms with van der Waals surface area (Å²) in [6.45, 7) is 0. The second kappa shape index (κ2) is 5.46. The van der Waals surface area contributed by atoms with Crippen LogP contribution in [0.4, 0.5) is 0 Å². The van der Waals surface area contributed by atoms with Crippen LogP contribution in [0.2, 0.25) is 0 Å². The maximum atomic E-state index is 8.78. The standard InChI is InChI=1S/C14H16N2/c15-10-12-5-4-6-13(9-12)11-16-14-7-2-1-3-8-14/h4-6,9,11,14H,1-3,7-8H2. The molecular weight excluding hydrogens is 196 g/mol. The molecule has 0 heterocycles. The fraction of sp³-hybridized carbons (Fsp3) is 0.429. The Hall–Kier alpha value is -1.62. The summed E-state index contributed by atoms with van der Waals surface area (Å²) in [6, 6.07) is 10.2. The lowest BCUT2D eigenvalue weighted by atomic mass is 9.96. The molecule has 0 bridgehead atoms. The van der Waals surface area contributed by atoms with E-state index >= 15 is 0 Å². The zero-order chi connectivity index (χ0) is 11.2. The van der Waals surface area contributed by atoms with Crippen LogP contribution in [0.15, 0.2) is 29.3 Å². The van der Waals surface area contributed by atoms with Gasteiger partial charge in [0.15, 0.2) is 0 Å². The van der Waals surface area contributed by atoms with Gasteiger partial charge in [0.25, 0.3) is 0 Å². The van der Waals surface area contributed by atoms with Gasteiger partial charge in [-0.3, -0.25) is 4.99 Å². The number of nitriles is 1. The monoisotopic (exact) mass is 212 g/mol. The number of benzene rings is 1. The fourth-order valence-electron chi connectivity index (χ4n) is 2.11. The van der Waals surface area contributed by atoms with Gasteiger partial charge in [-0.25, -0.2) is 0 Å². The molecule has 16 heavy (non-hydrogen) atoms. The summed E-state index contributed by atoms with van der Waals surface area (Å²) < 4.78 is 0. The number of hydrogen-bond donors (Lipinski definition) is 0. The van der Waals surface area contributed by atoms with Crippen molar-refractivity contribution in [2.24, 2.45) is 4.99 Å². The molecule has 0 radical (unpaired) electrons. The minimum atomic E-state index is 0.500. The topological polar surface area (TPSA) is 36.1 Å². The Labute approximate surface area is 96.6 Å². The largest absolute Gasteiger partial charge is 0.289 e. The van der Waals surface area contributed by atoms with Crippen molar-refractivity contribution in [2.75, 3.05) is 0 Å². The highest BCUT2D eigenvalue weighted by Crippen LogP contribution is 2.20. The van der Waals surface area contributed by atoms with Crippen LogP contribution in [-0.2, 0) is 0 Å². The smallest absolute Gasteiger partial charge is 0.0991 e. The van der Waals surface area contributed by atoms with E-state index in [1.165, 1.54) is 32.1 Å². The molecular formula is C14H16N2. The van der Waals surface area contributed by atoms with Gasteiger partial charge in [-0.1, -0.05) is 31.4 Å². The van der Waals surface area contributed by atoms with Crippen LogP contribution in [-0.4, -0.2) is 12.3 Å². The lowest BCUT2D eigenvalue weighted by Crippen LogP contribution is -2.09. The van der Waals surface area contributed by atoms with E-state index in [1.807, 2.05) is 30.5 Å². The maximum absolute atomic E-state index is 8.78. The molecule has 0 aliphatic heterocycles. The normalized spacial score (nSPS) is 17.4. The molecule has 1 aliphatic carbocycles. The first-order chi connectivity index (χ1) is 7.88. The molecule has 0 spiro atoms. The quantitative estimate of drug-likeness (QED) is 0.693. The molecule has 1 aliphatic rings. The van der Waals surface area contributed by atoms with Gasteiger partial charge in [0, 0.05) is 12.3 Å². The molecule has 2 heteroatoms. The van der Waals surface area contributed by atoms with Crippen LogP contribution >= 0.6 is 0 Å². The van der Waals surface area contributed by atoms with Crippen molar-refractivity contribution in [3.63, 3.8) is 0 Å². The minimum Gasteiger partial charge on any atom is -0.289 e. The van der Waals surface area contributed by atoms with Crippen molar-refractivity contribution in [1.82, 2.24) is 0 Å². The second-order valence-corrected chi connectivity index (χ2v) is 4.31. The summed E-state index contributed by atoms with van der Waals surface area (Å²) in [4.78, 5) is 4.59. The molecule has 2 nitrogen and oxygen atoms in total.